The van der Waals surface area contributed by atoms with Gasteiger partial charge in [-0.25, -0.2) is 15.0 Å². The summed E-state index contributed by atoms with van der Waals surface area (Å²) in [6.07, 6.45) is 5.43. The molecule has 0 radical (unpaired) electrons. The van der Waals surface area contributed by atoms with Crippen LogP contribution in [-0.2, 0) is 11.3 Å². The molecule has 124 valence electrons. The lowest BCUT2D eigenvalue weighted by atomic mass is 10.2. The number of hydrogen-bond donors (Lipinski definition) is 1. The highest BCUT2D eigenvalue weighted by atomic mass is 127. The summed E-state index contributed by atoms with van der Waals surface area (Å²) in [5.41, 5.74) is 7.09. The van der Waals surface area contributed by atoms with Gasteiger partial charge in [0, 0.05) is 37.2 Å². The number of halogens is 1. The summed E-state index contributed by atoms with van der Waals surface area (Å²) in [7, 11) is 0. The van der Waals surface area contributed by atoms with Gasteiger partial charge in [-0.1, -0.05) is 6.07 Å². The monoisotopic (exact) mass is 428 g/mol. The Morgan fingerprint density at radius 1 is 1.30 bits per heavy atom. The van der Waals surface area contributed by atoms with Crippen LogP contribution in [0.5, 0.6) is 0 Å². The molecule has 3 heterocycles. The SMILES string of the molecule is Cc1nccn1-c1ncccc1CN=C(N)N1CCOCC1.I. The number of pyridine rings is 1. The fourth-order valence-electron chi connectivity index (χ4n) is 2.43. The highest BCUT2D eigenvalue weighted by Gasteiger charge is 2.13. The molecule has 3 rings (SSSR count). The van der Waals surface area contributed by atoms with Gasteiger partial charge < -0.3 is 15.4 Å². The lowest BCUT2D eigenvalue weighted by Gasteiger charge is -2.27. The van der Waals surface area contributed by atoms with Gasteiger partial charge in [0.1, 0.15) is 11.6 Å². The number of aromatic nitrogens is 3. The molecule has 2 N–H and O–H groups in total. The third-order valence-corrected chi connectivity index (χ3v) is 3.67. The van der Waals surface area contributed by atoms with Crippen LogP contribution in [0.1, 0.15) is 11.4 Å². The predicted octanol–water partition coefficient (Wildman–Crippen LogP) is 1.34. The van der Waals surface area contributed by atoms with Crippen molar-refractivity contribution in [2.24, 2.45) is 10.7 Å². The molecule has 0 bridgehead atoms. The number of imidazole rings is 1. The molecule has 0 spiro atoms. The first-order chi connectivity index (χ1) is 10.8. The van der Waals surface area contributed by atoms with E-state index in [4.69, 9.17) is 10.5 Å². The molecule has 1 aliphatic rings. The predicted molar refractivity (Wildman–Crippen MR) is 99.2 cm³/mol. The Hall–Kier alpha value is -1.68. The van der Waals surface area contributed by atoms with E-state index in [2.05, 4.69) is 15.0 Å². The molecule has 23 heavy (non-hydrogen) atoms. The number of rotatable bonds is 3. The Bertz CT molecular complexity index is 665. The first-order valence-corrected chi connectivity index (χ1v) is 7.32. The Morgan fingerprint density at radius 3 is 2.78 bits per heavy atom. The lowest BCUT2D eigenvalue weighted by Crippen LogP contribution is -2.44. The zero-order valence-corrected chi connectivity index (χ0v) is 15.4. The quantitative estimate of drug-likeness (QED) is 0.454. The molecule has 0 atom stereocenters. The molecule has 0 aliphatic carbocycles. The van der Waals surface area contributed by atoms with Gasteiger partial charge in [0.25, 0.3) is 0 Å². The molecule has 0 unspecified atom stereocenters. The van der Waals surface area contributed by atoms with Crippen molar-refractivity contribution in [1.82, 2.24) is 19.4 Å². The van der Waals surface area contributed by atoms with Gasteiger partial charge in [-0.05, 0) is 13.0 Å². The van der Waals surface area contributed by atoms with Crippen LogP contribution in [0.15, 0.2) is 35.7 Å². The minimum atomic E-state index is 0. The summed E-state index contributed by atoms with van der Waals surface area (Å²) in [5.74, 6) is 2.29. The summed E-state index contributed by atoms with van der Waals surface area (Å²) in [6, 6.07) is 3.92. The van der Waals surface area contributed by atoms with Crippen molar-refractivity contribution >= 4 is 29.9 Å². The molecule has 1 saturated heterocycles. The zero-order valence-electron chi connectivity index (χ0n) is 13.1. The second-order valence-corrected chi connectivity index (χ2v) is 5.10. The van der Waals surface area contributed by atoms with Gasteiger partial charge in [0.05, 0.1) is 19.8 Å². The van der Waals surface area contributed by atoms with Crippen LogP contribution in [0.2, 0.25) is 0 Å². The number of hydrogen-bond acceptors (Lipinski definition) is 4. The summed E-state index contributed by atoms with van der Waals surface area (Å²) in [6.45, 7) is 5.41. The minimum absolute atomic E-state index is 0. The highest BCUT2D eigenvalue weighted by molar-refractivity contribution is 14.0. The summed E-state index contributed by atoms with van der Waals surface area (Å²) < 4.78 is 7.28. The maximum Gasteiger partial charge on any atom is 0.191 e. The van der Waals surface area contributed by atoms with E-state index < -0.39 is 0 Å². The van der Waals surface area contributed by atoms with Crippen molar-refractivity contribution in [2.45, 2.75) is 13.5 Å². The number of ether oxygens (including phenoxy) is 1. The second-order valence-electron chi connectivity index (χ2n) is 5.10. The molecule has 0 saturated carbocycles. The molecule has 1 fully saturated rings. The van der Waals surface area contributed by atoms with Gasteiger partial charge in [-0.15, -0.1) is 24.0 Å². The fourth-order valence-corrected chi connectivity index (χ4v) is 2.43. The van der Waals surface area contributed by atoms with E-state index in [0.29, 0.717) is 25.7 Å². The van der Waals surface area contributed by atoms with Crippen LogP contribution in [0.25, 0.3) is 5.82 Å². The minimum Gasteiger partial charge on any atom is -0.378 e. The van der Waals surface area contributed by atoms with E-state index in [9.17, 15) is 0 Å². The van der Waals surface area contributed by atoms with E-state index in [1.165, 1.54) is 0 Å². The van der Waals surface area contributed by atoms with Gasteiger partial charge in [0.15, 0.2) is 5.96 Å². The van der Waals surface area contributed by atoms with Crippen molar-refractivity contribution < 1.29 is 4.74 Å². The molecule has 2 aromatic rings. The van der Waals surface area contributed by atoms with Crippen LogP contribution in [0.4, 0.5) is 0 Å². The molecule has 0 amide bonds. The summed E-state index contributed by atoms with van der Waals surface area (Å²) >= 11 is 0. The van der Waals surface area contributed by atoms with Crippen molar-refractivity contribution in [3.63, 3.8) is 0 Å². The average Bonchev–Trinajstić information content (AvgIpc) is 2.99. The largest absolute Gasteiger partial charge is 0.378 e. The van der Waals surface area contributed by atoms with E-state index in [1.54, 1.807) is 12.4 Å². The first-order valence-electron chi connectivity index (χ1n) is 7.32. The maximum atomic E-state index is 6.08. The number of guanidine groups is 1. The summed E-state index contributed by atoms with van der Waals surface area (Å²) in [5, 5.41) is 0. The molecule has 2 aromatic heterocycles. The van der Waals surface area contributed by atoms with Crippen LogP contribution in [-0.4, -0.2) is 51.7 Å². The number of aliphatic imine (C=N–C) groups is 1. The smallest absolute Gasteiger partial charge is 0.191 e. The number of aryl methyl sites for hydroxylation is 1. The zero-order chi connectivity index (χ0) is 15.4. The average molecular weight is 428 g/mol. The fraction of sp³-hybridized carbons (Fsp3) is 0.400. The lowest BCUT2D eigenvalue weighted by molar-refractivity contribution is 0.0674. The van der Waals surface area contributed by atoms with Gasteiger partial charge in [0.2, 0.25) is 0 Å². The number of nitrogens with two attached hydrogens (primary N) is 1. The molecule has 7 nitrogen and oxygen atoms in total. The molecular formula is C15H21IN6O. The van der Waals surface area contributed by atoms with E-state index in [1.807, 2.05) is 34.7 Å². The molecule has 8 heteroatoms. The van der Waals surface area contributed by atoms with Crippen LogP contribution < -0.4 is 5.73 Å². The topological polar surface area (TPSA) is 81.6 Å². The van der Waals surface area contributed by atoms with E-state index >= 15 is 0 Å². The van der Waals surface area contributed by atoms with Gasteiger partial charge in [-0.2, -0.15) is 0 Å². The summed E-state index contributed by atoms with van der Waals surface area (Å²) in [4.78, 5) is 15.2. The maximum absolute atomic E-state index is 6.08. The third-order valence-electron chi connectivity index (χ3n) is 3.67. The van der Waals surface area contributed by atoms with Crippen LogP contribution >= 0.6 is 24.0 Å². The number of nitrogens with zero attached hydrogens (tertiary/aromatic N) is 5. The van der Waals surface area contributed by atoms with Crippen LogP contribution in [0, 0.1) is 6.92 Å². The highest BCUT2D eigenvalue weighted by Crippen LogP contribution is 2.14. The van der Waals surface area contributed by atoms with Crippen molar-refractivity contribution in [2.75, 3.05) is 26.3 Å². The van der Waals surface area contributed by atoms with Crippen molar-refractivity contribution in [1.29, 1.82) is 0 Å². The normalized spacial score (nSPS) is 15.3. The van der Waals surface area contributed by atoms with Crippen molar-refractivity contribution in [3.8, 4) is 5.82 Å². The Balaban J connectivity index is 0.00000192. The van der Waals surface area contributed by atoms with E-state index in [-0.39, 0.29) is 24.0 Å². The third kappa shape index (κ3) is 4.20. The molecule has 0 aromatic carbocycles. The second kappa shape index (κ2) is 8.25. The Kier molecular flexibility index (Phi) is 6.34. The molecule has 1 aliphatic heterocycles. The van der Waals surface area contributed by atoms with Crippen molar-refractivity contribution in [3.05, 3.63) is 42.1 Å². The standard InChI is InChI=1S/C15H20N6O.HI/c1-12-17-5-6-21(12)14-13(3-2-4-18-14)11-19-15(16)20-7-9-22-10-8-20;/h2-6H,7-11H2,1H3,(H2,16,19);1H. The number of morpholine rings is 1. The van der Waals surface area contributed by atoms with E-state index in [0.717, 1.165) is 30.3 Å². The first kappa shape index (κ1) is 17.7. The Morgan fingerprint density at radius 2 is 2.09 bits per heavy atom. The van der Waals surface area contributed by atoms with Gasteiger partial charge in [-0.3, -0.25) is 4.57 Å². The Labute approximate surface area is 152 Å². The van der Waals surface area contributed by atoms with Crippen LogP contribution in [0.3, 0.4) is 0 Å². The molecular weight excluding hydrogens is 407 g/mol. The van der Waals surface area contributed by atoms with Gasteiger partial charge >= 0.3 is 0 Å².